The summed E-state index contributed by atoms with van der Waals surface area (Å²) in [5.41, 5.74) is -1.12. The average molecular weight is 508 g/mol. The third-order valence-corrected chi connectivity index (χ3v) is 5.74. The summed E-state index contributed by atoms with van der Waals surface area (Å²) >= 11 is 0. The van der Waals surface area contributed by atoms with Gasteiger partial charge in [-0.2, -0.15) is 0 Å². The van der Waals surface area contributed by atoms with E-state index in [1.165, 1.54) is 26.4 Å². The molecule has 194 valence electrons. The molecule has 7 N–H and O–H groups in total. The van der Waals surface area contributed by atoms with E-state index in [0.29, 0.717) is 0 Å². The van der Waals surface area contributed by atoms with Crippen molar-refractivity contribution in [2.24, 2.45) is 0 Å². The lowest BCUT2D eigenvalue weighted by molar-refractivity contribution is -0.277. The van der Waals surface area contributed by atoms with Crippen LogP contribution in [0.2, 0.25) is 0 Å². The summed E-state index contributed by atoms with van der Waals surface area (Å²) < 4.78 is 27.1. The lowest BCUT2D eigenvalue weighted by atomic mass is 9.99. The second kappa shape index (κ2) is 9.72. The zero-order valence-electron chi connectivity index (χ0n) is 19.0. The van der Waals surface area contributed by atoms with E-state index in [9.17, 15) is 40.5 Å². The Morgan fingerprint density at radius 1 is 0.917 bits per heavy atom. The van der Waals surface area contributed by atoms with Crippen molar-refractivity contribution in [3.63, 3.8) is 0 Å². The number of benzene rings is 2. The van der Waals surface area contributed by atoms with Gasteiger partial charge in [-0.05, 0) is 12.1 Å². The molecule has 1 aromatic heterocycles. The number of ether oxygens (including phenoxy) is 4. The molecule has 1 aliphatic rings. The van der Waals surface area contributed by atoms with Crippen molar-refractivity contribution in [3.05, 3.63) is 34.5 Å². The number of phenolic OH excluding ortho intramolecular Hbond substituents is 3. The van der Waals surface area contributed by atoms with Crippen molar-refractivity contribution in [1.82, 2.24) is 0 Å². The van der Waals surface area contributed by atoms with Gasteiger partial charge in [0.1, 0.15) is 46.9 Å². The van der Waals surface area contributed by atoms with E-state index in [1.54, 1.807) is 0 Å². The normalized spacial score (nSPS) is 24.0. The standard InChI is InChI=1S/C23H24O13/c1-32-12-3-8(4-13(33-2)16(12)27)21-22(18(29)15-10(26)5-9(25)6-11(15)34-21)36-23-20(31)19(30)17(28)14(7-24)35-23/h3-6,14,17,19-20,23-28,30-31H,7H2,1-2H3/t14-,17-,19+,20+,23+/m0/s1. The van der Waals surface area contributed by atoms with Crippen molar-refractivity contribution in [2.75, 3.05) is 20.8 Å². The van der Waals surface area contributed by atoms with E-state index < -0.39 is 60.0 Å². The molecule has 0 radical (unpaired) electrons. The highest BCUT2D eigenvalue weighted by Crippen LogP contribution is 2.43. The third kappa shape index (κ3) is 4.23. The minimum Gasteiger partial charge on any atom is -0.508 e. The number of rotatable bonds is 6. The fourth-order valence-electron chi connectivity index (χ4n) is 3.87. The SMILES string of the molecule is COc1cc(-c2oc3cc(O)cc(O)c3c(=O)c2O[C@H]2O[C@@H](CO)[C@H](O)[C@@H](O)[C@H]2O)cc(OC)c1O. The number of methoxy groups -OCH3 is 2. The lowest BCUT2D eigenvalue weighted by Crippen LogP contribution is -2.60. The molecule has 1 fully saturated rings. The Kier molecular flexibility index (Phi) is 6.84. The Bertz CT molecular complexity index is 1310. The molecular weight excluding hydrogens is 484 g/mol. The van der Waals surface area contributed by atoms with Gasteiger partial charge in [0.2, 0.25) is 23.2 Å². The minimum atomic E-state index is -1.86. The molecule has 5 atom stereocenters. The Morgan fingerprint density at radius 3 is 2.14 bits per heavy atom. The highest BCUT2D eigenvalue weighted by atomic mass is 16.7. The Balaban J connectivity index is 1.96. The van der Waals surface area contributed by atoms with Crippen LogP contribution in [0.5, 0.6) is 34.5 Å². The summed E-state index contributed by atoms with van der Waals surface area (Å²) in [6, 6.07) is 4.55. The van der Waals surface area contributed by atoms with Crippen molar-refractivity contribution < 1.29 is 59.1 Å². The fraction of sp³-hybridized carbons (Fsp3) is 0.348. The average Bonchev–Trinajstić information content (AvgIpc) is 2.85. The number of fused-ring (bicyclic) bond motifs is 1. The highest BCUT2D eigenvalue weighted by Gasteiger charge is 2.45. The monoisotopic (exact) mass is 508 g/mol. The largest absolute Gasteiger partial charge is 0.508 e. The number of aliphatic hydroxyl groups excluding tert-OH is 4. The quantitative estimate of drug-likeness (QED) is 0.230. The van der Waals surface area contributed by atoms with Crippen molar-refractivity contribution >= 4 is 11.0 Å². The van der Waals surface area contributed by atoms with Crippen LogP contribution in [-0.2, 0) is 4.74 Å². The maximum Gasteiger partial charge on any atom is 0.239 e. The first-order valence-corrected chi connectivity index (χ1v) is 10.6. The van der Waals surface area contributed by atoms with Crippen molar-refractivity contribution in [2.45, 2.75) is 30.7 Å². The molecule has 0 saturated carbocycles. The molecule has 4 rings (SSSR count). The molecule has 0 bridgehead atoms. The van der Waals surface area contributed by atoms with Gasteiger partial charge in [-0.25, -0.2) is 0 Å². The first kappa shape index (κ1) is 25.3. The zero-order chi connectivity index (χ0) is 26.3. The molecule has 3 aromatic rings. The number of hydrogen-bond donors (Lipinski definition) is 7. The zero-order valence-corrected chi connectivity index (χ0v) is 19.0. The van der Waals surface area contributed by atoms with Crippen LogP contribution in [0, 0.1) is 0 Å². The number of aromatic hydroxyl groups is 3. The van der Waals surface area contributed by atoms with E-state index in [-0.39, 0.29) is 39.5 Å². The van der Waals surface area contributed by atoms with Crippen LogP contribution >= 0.6 is 0 Å². The van der Waals surface area contributed by atoms with Crippen LogP contribution in [0.3, 0.4) is 0 Å². The van der Waals surface area contributed by atoms with E-state index in [2.05, 4.69) is 0 Å². The summed E-state index contributed by atoms with van der Waals surface area (Å²) in [6.07, 6.45) is -8.42. The lowest BCUT2D eigenvalue weighted by Gasteiger charge is -2.39. The molecule has 13 nitrogen and oxygen atoms in total. The fourth-order valence-corrected chi connectivity index (χ4v) is 3.87. The van der Waals surface area contributed by atoms with Crippen LogP contribution in [0.25, 0.3) is 22.3 Å². The van der Waals surface area contributed by atoms with Crippen LogP contribution in [-0.4, -0.2) is 87.3 Å². The topological polar surface area (TPSA) is 209 Å². The van der Waals surface area contributed by atoms with E-state index in [4.69, 9.17) is 23.4 Å². The van der Waals surface area contributed by atoms with Crippen molar-refractivity contribution in [1.29, 1.82) is 0 Å². The molecule has 13 heteroatoms. The molecule has 2 aromatic carbocycles. The molecule has 1 saturated heterocycles. The molecule has 0 aliphatic carbocycles. The summed E-state index contributed by atoms with van der Waals surface area (Å²) in [5.74, 6) is -2.44. The van der Waals surface area contributed by atoms with Crippen LogP contribution in [0.4, 0.5) is 0 Å². The van der Waals surface area contributed by atoms with Gasteiger partial charge < -0.3 is 59.1 Å². The van der Waals surface area contributed by atoms with E-state index >= 15 is 0 Å². The second-order valence-corrected chi connectivity index (χ2v) is 7.97. The maximum absolute atomic E-state index is 13.5. The third-order valence-electron chi connectivity index (χ3n) is 5.74. The van der Waals surface area contributed by atoms with Gasteiger partial charge in [0.05, 0.1) is 20.8 Å². The maximum atomic E-state index is 13.5. The second-order valence-electron chi connectivity index (χ2n) is 7.97. The molecule has 36 heavy (non-hydrogen) atoms. The molecular formula is C23H24O13. The molecule has 0 amide bonds. The number of phenols is 3. The van der Waals surface area contributed by atoms with Crippen molar-refractivity contribution in [3.8, 4) is 45.8 Å². The summed E-state index contributed by atoms with van der Waals surface area (Å²) in [7, 11) is 2.55. The van der Waals surface area contributed by atoms with Gasteiger partial charge in [-0.1, -0.05) is 0 Å². The predicted molar refractivity (Wildman–Crippen MR) is 120 cm³/mol. The Labute approximate surface area is 202 Å². The van der Waals surface area contributed by atoms with Crippen LogP contribution < -0.4 is 19.6 Å². The van der Waals surface area contributed by atoms with E-state index in [0.717, 1.165) is 12.1 Å². The molecule has 1 aliphatic heterocycles. The van der Waals surface area contributed by atoms with Gasteiger partial charge in [0.25, 0.3) is 0 Å². The first-order chi connectivity index (χ1) is 17.1. The first-order valence-electron chi connectivity index (χ1n) is 10.6. The molecule has 0 unspecified atom stereocenters. The van der Waals surface area contributed by atoms with Gasteiger partial charge >= 0.3 is 0 Å². The van der Waals surface area contributed by atoms with Gasteiger partial charge in [-0.3, -0.25) is 4.79 Å². The molecule has 2 heterocycles. The number of hydrogen-bond acceptors (Lipinski definition) is 13. The highest BCUT2D eigenvalue weighted by molar-refractivity contribution is 5.88. The van der Waals surface area contributed by atoms with Gasteiger partial charge in [-0.15, -0.1) is 0 Å². The Hall–Kier alpha value is -3.75. The number of aliphatic hydroxyl groups is 4. The Morgan fingerprint density at radius 2 is 1.56 bits per heavy atom. The summed E-state index contributed by atoms with van der Waals surface area (Å²) in [5, 5.41) is 70.1. The van der Waals surface area contributed by atoms with Gasteiger partial charge in [0, 0.05) is 17.7 Å². The predicted octanol–water partition coefficient (Wildman–Crippen LogP) is -0.227. The van der Waals surface area contributed by atoms with Crippen LogP contribution in [0.1, 0.15) is 0 Å². The summed E-state index contributed by atoms with van der Waals surface area (Å²) in [6.45, 7) is -0.740. The smallest absolute Gasteiger partial charge is 0.239 e. The van der Waals surface area contributed by atoms with Gasteiger partial charge in [0.15, 0.2) is 17.3 Å². The molecule has 0 spiro atoms. The minimum absolute atomic E-state index is 0.0651. The van der Waals surface area contributed by atoms with E-state index in [1.807, 2.05) is 0 Å². The van der Waals surface area contributed by atoms with Crippen LogP contribution in [0.15, 0.2) is 33.5 Å². The summed E-state index contributed by atoms with van der Waals surface area (Å²) in [4.78, 5) is 13.5.